The lowest BCUT2D eigenvalue weighted by molar-refractivity contribution is 0.646. The summed E-state index contributed by atoms with van der Waals surface area (Å²) in [5, 5.41) is 0.720. The molecule has 28 heavy (non-hydrogen) atoms. The van der Waals surface area contributed by atoms with E-state index in [1.807, 2.05) is 6.07 Å². The van der Waals surface area contributed by atoms with Crippen molar-refractivity contribution in [3.8, 4) is 0 Å². The quantitative estimate of drug-likeness (QED) is 0.139. The number of unbranched alkanes of at least 4 members (excludes halogenated alkanes) is 1. The number of anilines is 1. The van der Waals surface area contributed by atoms with Crippen molar-refractivity contribution in [1.82, 2.24) is 19.5 Å². The Morgan fingerprint density at radius 2 is 1.93 bits per heavy atom. The van der Waals surface area contributed by atoms with Crippen LogP contribution in [0.2, 0.25) is 0 Å². The fourth-order valence-corrected chi connectivity index (χ4v) is 4.28. The van der Waals surface area contributed by atoms with Gasteiger partial charge in [0.15, 0.2) is 26.9 Å². The minimum atomic E-state index is 0.445. The monoisotopic (exact) mass is 459 g/mol. The van der Waals surface area contributed by atoms with Crippen molar-refractivity contribution in [3.63, 3.8) is 0 Å². The number of benzene rings is 1. The molecule has 5 nitrogen and oxygen atoms in total. The number of aromatic nitrogens is 4. The first-order valence-electron chi connectivity index (χ1n) is 9.70. The molecule has 0 bridgehead atoms. The van der Waals surface area contributed by atoms with Crippen LogP contribution in [0, 0.1) is 0 Å². The van der Waals surface area contributed by atoms with Crippen LogP contribution in [0.4, 0.5) is 5.82 Å². The highest BCUT2D eigenvalue weighted by molar-refractivity contribution is 9.10. The average molecular weight is 460 g/mol. The molecule has 0 aliphatic rings. The SMILES string of the molecule is CC/C=C/CCCn1c(Br)nc2c(N)nc(SCCCc3ccccc3)nc21. The van der Waals surface area contributed by atoms with Crippen LogP contribution in [0.15, 0.2) is 52.4 Å². The number of nitrogens with zero attached hydrogens (tertiary/aromatic N) is 4. The van der Waals surface area contributed by atoms with E-state index < -0.39 is 0 Å². The Balaban J connectivity index is 1.64. The molecule has 2 heterocycles. The number of nitrogens with two attached hydrogens (primary N) is 1. The second-order valence-electron chi connectivity index (χ2n) is 6.56. The van der Waals surface area contributed by atoms with E-state index in [1.54, 1.807) is 11.8 Å². The zero-order valence-electron chi connectivity index (χ0n) is 16.1. The molecule has 0 aliphatic heterocycles. The van der Waals surface area contributed by atoms with Crippen molar-refractivity contribution in [2.75, 3.05) is 11.5 Å². The topological polar surface area (TPSA) is 69.6 Å². The van der Waals surface area contributed by atoms with E-state index in [1.165, 1.54) is 5.56 Å². The number of nitrogen functional groups attached to an aromatic ring is 1. The molecule has 3 aromatic rings. The second kappa shape index (κ2) is 10.6. The van der Waals surface area contributed by atoms with Gasteiger partial charge in [-0.25, -0.2) is 15.0 Å². The smallest absolute Gasteiger partial charge is 0.191 e. The zero-order valence-corrected chi connectivity index (χ0v) is 18.5. The van der Waals surface area contributed by atoms with Gasteiger partial charge in [0.2, 0.25) is 0 Å². The maximum atomic E-state index is 6.16. The number of fused-ring (bicyclic) bond motifs is 1. The van der Waals surface area contributed by atoms with E-state index in [9.17, 15) is 0 Å². The highest BCUT2D eigenvalue weighted by atomic mass is 79.9. The van der Waals surface area contributed by atoms with Crippen molar-refractivity contribution in [2.45, 2.75) is 50.7 Å². The lowest BCUT2D eigenvalue weighted by atomic mass is 10.1. The molecule has 0 amide bonds. The van der Waals surface area contributed by atoms with E-state index in [4.69, 9.17) is 10.7 Å². The van der Waals surface area contributed by atoms with Crippen molar-refractivity contribution in [2.24, 2.45) is 0 Å². The molecule has 2 N–H and O–H groups in total. The molecule has 7 heteroatoms. The maximum Gasteiger partial charge on any atom is 0.191 e. The molecular weight excluding hydrogens is 434 g/mol. The van der Waals surface area contributed by atoms with Gasteiger partial charge in [-0.3, -0.25) is 0 Å². The fourth-order valence-electron chi connectivity index (χ4n) is 2.97. The van der Waals surface area contributed by atoms with Gasteiger partial charge < -0.3 is 10.3 Å². The van der Waals surface area contributed by atoms with Gasteiger partial charge in [-0.15, -0.1) is 0 Å². The van der Waals surface area contributed by atoms with Crippen molar-refractivity contribution in [3.05, 3.63) is 52.8 Å². The minimum Gasteiger partial charge on any atom is -0.382 e. The average Bonchev–Trinajstić information content (AvgIpc) is 3.02. The van der Waals surface area contributed by atoms with Crippen LogP contribution in [0.5, 0.6) is 0 Å². The van der Waals surface area contributed by atoms with Crippen LogP contribution < -0.4 is 5.73 Å². The Kier molecular flexibility index (Phi) is 7.91. The lowest BCUT2D eigenvalue weighted by Crippen LogP contribution is -2.02. The molecule has 0 spiro atoms. The summed E-state index contributed by atoms with van der Waals surface area (Å²) in [7, 11) is 0. The first kappa shape index (κ1) is 20.9. The summed E-state index contributed by atoms with van der Waals surface area (Å²) >= 11 is 5.20. The molecule has 0 atom stereocenters. The molecule has 0 saturated carbocycles. The molecule has 0 fully saturated rings. The standard InChI is InChI=1S/C21H26BrN5S/c1-2-3-4-5-9-14-27-19-17(24-20(27)22)18(23)25-21(26-19)28-15-10-13-16-11-7-6-8-12-16/h3-4,6-8,11-12H,2,5,9-10,13-15H2,1H3,(H2,23,25,26)/b4-3+. The summed E-state index contributed by atoms with van der Waals surface area (Å²) in [4.78, 5) is 13.7. The van der Waals surface area contributed by atoms with Gasteiger partial charge in [0.1, 0.15) is 0 Å². The largest absolute Gasteiger partial charge is 0.382 e. The zero-order chi connectivity index (χ0) is 19.8. The molecule has 0 aliphatic carbocycles. The molecule has 3 rings (SSSR count). The highest BCUT2D eigenvalue weighted by Crippen LogP contribution is 2.26. The van der Waals surface area contributed by atoms with Gasteiger partial charge in [-0.1, -0.05) is 61.2 Å². The van der Waals surface area contributed by atoms with Gasteiger partial charge >= 0.3 is 0 Å². The Morgan fingerprint density at radius 1 is 1.11 bits per heavy atom. The van der Waals surface area contributed by atoms with Gasteiger partial charge in [0.25, 0.3) is 0 Å². The van der Waals surface area contributed by atoms with Crippen molar-refractivity contribution >= 4 is 44.7 Å². The Labute approximate surface area is 179 Å². The third-order valence-corrected chi connectivity index (χ3v) is 5.93. The van der Waals surface area contributed by atoms with Gasteiger partial charge in [0, 0.05) is 12.3 Å². The maximum absolute atomic E-state index is 6.16. The van der Waals surface area contributed by atoms with Crippen LogP contribution in [0.3, 0.4) is 0 Å². The molecular formula is C21H26BrN5S. The first-order valence-corrected chi connectivity index (χ1v) is 11.5. The number of thioether (sulfide) groups is 1. The van der Waals surface area contributed by atoms with Crippen LogP contribution in [-0.2, 0) is 13.0 Å². The summed E-state index contributed by atoms with van der Waals surface area (Å²) in [6.45, 7) is 2.99. The number of imidazole rings is 1. The molecule has 0 saturated heterocycles. The predicted molar refractivity (Wildman–Crippen MR) is 122 cm³/mol. The molecule has 0 unspecified atom stereocenters. The number of hydrogen-bond donors (Lipinski definition) is 1. The Morgan fingerprint density at radius 3 is 2.71 bits per heavy atom. The minimum absolute atomic E-state index is 0.445. The second-order valence-corrected chi connectivity index (χ2v) is 8.33. The highest BCUT2D eigenvalue weighted by Gasteiger charge is 2.15. The molecule has 0 radical (unpaired) electrons. The van der Waals surface area contributed by atoms with Crippen molar-refractivity contribution in [1.29, 1.82) is 0 Å². The Hall–Kier alpha value is -1.86. The molecule has 1 aromatic carbocycles. The number of aryl methyl sites for hydroxylation is 2. The van der Waals surface area contributed by atoms with Gasteiger partial charge in [-0.05, 0) is 53.6 Å². The van der Waals surface area contributed by atoms with Crippen LogP contribution in [0.1, 0.15) is 38.2 Å². The van der Waals surface area contributed by atoms with E-state index in [0.717, 1.165) is 59.9 Å². The Bertz CT molecular complexity index is 923. The number of rotatable bonds is 10. The van der Waals surface area contributed by atoms with Crippen molar-refractivity contribution < 1.29 is 0 Å². The number of hydrogen-bond acceptors (Lipinski definition) is 5. The number of allylic oxidation sites excluding steroid dienone is 2. The van der Waals surface area contributed by atoms with Gasteiger partial charge in [-0.2, -0.15) is 0 Å². The van der Waals surface area contributed by atoms with Crippen LogP contribution in [-0.4, -0.2) is 25.3 Å². The molecule has 148 valence electrons. The van der Waals surface area contributed by atoms with Crippen LogP contribution >= 0.6 is 27.7 Å². The first-order chi connectivity index (χ1) is 13.7. The number of halogens is 1. The van der Waals surface area contributed by atoms with E-state index in [2.05, 4.69) is 73.8 Å². The summed E-state index contributed by atoms with van der Waals surface area (Å²) in [5.74, 6) is 1.40. The summed E-state index contributed by atoms with van der Waals surface area (Å²) < 4.78 is 2.84. The summed E-state index contributed by atoms with van der Waals surface area (Å²) in [6.07, 6.45) is 9.71. The van der Waals surface area contributed by atoms with E-state index in [-0.39, 0.29) is 0 Å². The third-order valence-electron chi connectivity index (χ3n) is 4.39. The summed E-state index contributed by atoms with van der Waals surface area (Å²) in [5.41, 5.74) is 9.00. The fraction of sp³-hybridized carbons (Fsp3) is 0.381. The predicted octanol–water partition coefficient (Wildman–Crippen LogP) is 5.64. The van der Waals surface area contributed by atoms with Gasteiger partial charge in [0.05, 0.1) is 0 Å². The van der Waals surface area contributed by atoms with Crippen LogP contribution in [0.25, 0.3) is 11.2 Å². The normalized spacial score (nSPS) is 11.6. The van der Waals surface area contributed by atoms with E-state index in [0.29, 0.717) is 11.3 Å². The third kappa shape index (κ3) is 5.58. The summed E-state index contributed by atoms with van der Waals surface area (Å²) in [6, 6.07) is 10.5. The molecule has 2 aromatic heterocycles. The lowest BCUT2D eigenvalue weighted by Gasteiger charge is -2.06. The van der Waals surface area contributed by atoms with E-state index >= 15 is 0 Å².